The van der Waals surface area contributed by atoms with Crippen molar-refractivity contribution in [1.29, 1.82) is 5.26 Å². The molecule has 0 aliphatic heterocycles. The lowest BCUT2D eigenvalue weighted by Gasteiger charge is -2.06. The van der Waals surface area contributed by atoms with Crippen LogP contribution in [0.5, 0.6) is 0 Å². The Morgan fingerprint density at radius 1 is 1.19 bits per heavy atom. The van der Waals surface area contributed by atoms with Crippen LogP contribution in [0, 0.1) is 17.1 Å². The third-order valence-corrected chi connectivity index (χ3v) is 2.25. The van der Waals surface area contributed by atoms with Gasteiger partial charge in [0.2, 0.25) is 0 Å². The predicted octanol–water partition coefficient (Wildman–Crippen LogP) is 2.35. The largest absolute Gasteiger partial charge is 0.265 e. The highest BCUT2D eigenvalue weighted by molar-refractivity contribution is 5.66. The van der Waals surface area contributed by atoms with Gasteiger partial charge in [0, 0.05) is 29.7 Å². The van der Waals surface area contributed by atoms with Crippen molar-refractivity contribution in [3.05, 3.63) is 48.3 Å². The zero-order valence-electron chi connectivity index (χ0n) is 8.39. The van der Waals surface area contributed by atoms with Gasteiger partial charge in [0.05, 0.1) is 18.7 Å². The van der Waals surface area contributed by atoms with Gasteiger partial charge in [-0.3, -0.25) is 9.97 Å². The van der Waals surface area contributed by atoms with Crippen molar-refractivity contribution in [2.75, 3.05) is 0 Å². The Morgan fingerprint density at radius 3 is 2.62 bits per heavy atom. The monoisotopic (exact) mass is 213 g/mol. The summed E-state index contributed by atoms with van der Waals surface area (Å²) in [7, 11) is 0. The molecule has 0 saturated heterocycles. The summed E-state index contributed by atoms with van der Waals surface area (Å²) in [6.45, 7) is 0. The normalized spacial score (nSPS) is 9.75. The van der Waals surface area contributed by atoms with E-state index in [-0.39, 0.29) is 6.42 Å². The Bertz CT molecular complexity index is 532. The van der Waals surface area contributed by atoms with Gasteiger partial charge in [0.15, 0.2) is 0 Å². The molecule has 0 atom stereocenters. The van der Waals surface area contributed by atoms with Crippen LogP contribution in [-0.4, -0.2) is 9.97 Å². The number of nitriles is 1. The molecular formula is C12H8FN3. The number of nitrogens with zero attached hydrogens (tertiary/aromatic N) is 3. The molecule has 0 N–H and O–H groups in total. The lowest BCUT2D eigenvalue weighted by atomic mass is 10.0. The van der Waals surface area contributed by atoms with E-state index in [1.165, 1.54) is 0 Å². The summed E-state index contributed by atoms with van der Waals surface area (Å²) in [5, 5.41) is 8.67. The molecule has 0 unspecified atom stereocenters. The van der Waals surface area contributed by atoms with Gasteiger partial charge >= 0.3 is 0 Å². The smallest absolute Gasteiger partial charge is 0.146 e. The second-order valence-electron chi connectivity index (χ2n) is 3.22. The summed E-state index contributed by atoms with van der Waals surface area (Å²) in [5.74, 6) is -0.448. The average molecular weight is 213 g/mol. The summed E-state index contributed by atoms with van der Waals surface area (Å²) >= 11 is 0. The van der Waals surface area contributed by atoms with E-state index in [4.69, 9.17) is 5.26 Å². The number of rotatable bonds is 2. The van der Waals surface area contributed by atoms with E-state index in [1.54, 1.807) is 30.7 Å². The maximum Gasteiger partial charge on any atom is 0.146 e. The highest BCUT2D eigenvalue weighted by Gasteiger charge is 2.10. The van der Waals surface area contributed by atoms with Gasteiger partial charge < -0.3 is 0 Å². The standard InChI is InChI=1S/C12H8FN3/c13-12-8-16-7-11(10(12)1-4-14)9-2-5-15-6-3-9/h2-3,5-8H,1H2. The maximum atomic E-state index is 13.5. The van der Waals surface area contributed by atoms with Crippen LogP contribution in [0.2, 0.25) is 0 Å². The molecule has 0 aliphatic carbocycles. The molecule has 3 nitrogen and oxygen atoms in total. The molecular weight excluding hydrogens is 205 g/mol. The molecule has 0 aliphatic rings. The number of hydrogen-bond donors (Lipinski definition) is 0. The molecule has 2 aromatic heterocycles. The summed E-state index contributed by atoms with van der Waals surface area (Å²) in [6.07, 6.45) is 5.96. The van der Waals surface area contributed by atoms with Gasteiger partial charge in [-0.15, -0.1) is 0 Å². The van der Waals surface area contributed by atoms with E-state index in [2.05, 4.69) is 9.97 Å². The van der Waals surface area contributed by atoms with Gasteiger partial charge in [-0.2, -0.15) is 5.26 Å². The lowest BCUT2D eigenvalue weighted by molar-refractivity contribution is 0.609. The van der Waals surface area contributed by atoms with Crippen LogP contribution in [0.3, 0.4) is 0 Å². The molecule has 2 rings (SSSR count). The van der Waals surface area contributed by atoms with Crippen molar-refractivity contribution in [2.24, 2.45) is 0 Å². The quantitative estimate of drug-likeness (QED) is 0.769. The fraction of sp³-hybridized carbons (Fsp3) is 0.0833. The predicted molar refractivity (Wildman–Crippen MR) is 56.7 cm³/mol. The highest BCUT2D eigenvalue weighted by atomic mass is 19.1. The van der Waals surface area contributed by atoms with E-state index in [0.29, 0.717) is 11.1 Å². The summed E-state index contributed by atoms with van der Waals surface area (Å²) in [5.41, 5.74) is 1.83. The Balaban J connectivity index is 2.57. The first-order valence-corrected chi connectivity index (χ1v) is 4.72. The highest BCUT2D eigenvalue weighted by Crippen LogP contribution is 2.24. The van der Waals surface area contributed by atoms with Crippen molar-refractivity contribution in [2.45, 2.75) is 6.42 Å². The summed E-state index contributed by atoms with van der Waals surface area (Å²) in [4.78, 5) is 7.69. The number of hydrogen-bond acceptors (Lipinski definition) is 3. The van der Waals surface area contributed by atoms with Crippen LogP contribution >= 0.6 is 0 Å². The zero-order chi connectivity index (χ0) is 11.4. The van der Waals surface area contributed by atoms with Crippen LogP contribution in [-0.2, 0) is 6.42 Å². The minimum Gasteiger partial charge on any atom is -0.265 e. The van der Waals surface area contributed by atoms with Crippen LogP contribution in [0.15, 0.2) is 36.9 Å². The van der Waals surface area contributed by atoms with Gasteiger partial charge in [0.1, 0.15) is 5.82 Å². The molecule has 0 aromatic carbocycles. The van der Waals surface area contributed by atoms with Crippen LogP contribution in [0.4, 0.5) is 4.39 Å². The van der Waals surface area contributed by atoms with Crippen LogP contribution < -0.4 is 0 Å². The fourth-order valence-electron chi connectivity index (χ4n) is 1.50. The van der Waals surface area contributed by atoms with Gasteiger partial charge in [-0.05, 0) is 17.7 Å². The molecule has 2 heterocycles. The second kappa shape index (κ2) is 4.49. The number of aromatic nitrogens is 2. The Labute approximate surface area is 92.2 Å². The fourth-order valence-corrected chi connectivity index (χ4v) is 1.50. The summed E-state index contributed by atoms with van der Waals surface area (Å²) in [6, 6.07) is 5.47. The Kier molecular flexibility index (Phi) is 2.88. The minimum absolute atomic E-state index is 0.0337. The van der Waals surface area contributed by atoms with E-state index in [1.807, 2.05) is 6.07 Å². The van der Waals surface area contributed by atoms with E-state index >= 15 is 0 Å². The van der Waals surface area contributed by atoms with E-state index in [0.717, 1.165) is 11.8 Å². The number of halogens is 1. The van der Waals surface area contributed by atoms with Gasteiger partial charge in [0.25, 0.3) is 0 Å². The molecule has 4 heteroatoms. The van der Waals surface area contributed by atoms with Crippen LogP contribution in [0.25, 0.3) is 11.1 Å². The van der Waals surface area contributed by atoms with Crippen molar-refractivity contribution in [1.82, 2.24) is 9.97 Å². The maximum absolute atomic E-state index is 13.5. The van der Waals surface area contributed by atoms with Crippen molar-refractivity contribution >= 4 is 0 Å². The molecule has 0 fully saturated rings. The first-order valence-electron chi connectivity index (χ1n) is 4.72. The van der Waals surface area contributed by atoms with Crippen molar-refractivity contribution in [3.8, 4) is 17.2 Å². The third kappa shape index (κ3) is 1.89. The van der Waals surface area contributed by atoms with Crippen molar-refractivity contribution < 1.29 is 4.39 Å². The van der Waals surface area contributed by atoms with Gasteiger partial charge in [-0.1, -0.05) is 0 Å². The summed E-state index contributed by atoms with van der Waals surface area (Å²) < 4.78 is 13.5. The molecule has 78 valence electrons. The topological polar surface area (TPSA) is 49.6 Å². The van der Waals surface area contributed by atoms with Crippen molar-refractivity contribution in [3.63, 3.8) is 0 Å². The molecule has 0 spiro atoms. The van der Waals surface area contributed by atoms with E-state index < -0.39 is 5.82 Å². The molecule has 0 saturated carbocycles. The van der Waals surface area contributed by atoms with Crippen LogP contribution in [0.1, 0.15) is 5.56 Å². The average Bonchev–Trinajstić information content (AvgIpc) is 2.33. The molecule has 16 heavy (non-hydrogen) atoms. The third-order valence-electron chi connectivity index (χ3n) is 2.25. The molecule has 0 bridgehead atoms. The van der Waals surface area contributed by atoms with Gasteiger partial charge in [-0.25, -0.2) is 4.39 Å². The second-order valence-corrected chi connectivity index (χ2v) is 3.22. The molecule has 2 aromatic rings. The Hall–Kier alpha value is -2.28. The first-order chi connectivity index (χ1) is 7.83. The zero-order valence-corrected chi connectivity index (χ0v) is 8.39. The lowest BCUT2D eigenvalue weighted by Crippen LogP contribution is -1.95. The number of pyridine rings is 2. The minimum atomic E-state index is -0.448. The van der Waals surface area contributed by atoms with E-state index in [9.17, 15) is 4.39 Å². The first kappa shape index (κ1) is 10.2. The SMILES string of the molecule is N#CCc1c(F)cncc1-c1ccncc1. The Morgan fingerprint density at radius 2 is 1.94 bits per heavy atom. The molecule has 0 amide bonds. The molecule has 0 radical (unpaired) electrons.